The summed E-state index contributed by atoms with van der Waals surface area (Å²) in [6, 6.07) is 8.00. The number of fused-ring (bicyclic) bond motifs is 1. The van der Waals surface area contributed by atoms with Crippen molar-refractivity contribution in [1.29, 1.82) is 0 Å². The van der Waals surface area contributed by atoms with Gasteiger partial charge in [0.05, 0.1) is 12.6 Å². The Balaban J connectivity index is 2.74. The molecular weight excluding hydrogens is 254 g/mol. The summed E-state index contributed by atoms with van der Waals surface area (Å²) in [4.78, 5) is 4.66. The maximum Gasteiger partial charge on any atom is 0.119 e. The van der Waals surface area contributed by atoms with Crippen LogP contribution in [-0.4, -0.2) is 12.1 Å². The number of hydrogen-bond donors (Lipinski definition) is 0. The molecule has 0 N–H and O–H groups in total. The molecule has 1 heterocycles. The molecule has 3 heteroatoms. The van der Waals surface area contributed by atoms with Crippen LogP contribution in [0.5, 0.6) is 5.75 Å². The van der Waals surface area contributed by atoms with Crippen LogP contribution in [0.3, 0.4) is 0 Å². The summed E-state index contributed by atoms with van der Waals surface area (Å²) in [5.41, 5.74) is 2.19. The normalized spacial score (nSPS) is 12.7. The van der Waals surface area contributed by atoms with Gasteiger partial charge in [0.1, 0.15) is 5.75 Å². The average Bonchev–Trinajstić information content (AvgIpc) is 2.27. The molecule has 0 fully saturated rings. The number of pyridine rings is 1. The quantitative estimate of drug-likeness (QED) is 0.773. The number of aromatic nitrogens is 1. The van der Waals surface area contributed by atoms with E-state index in [1.807, 2.05) is 30.5 Å². The van der Waals surface area contributed by atoms with Gasteiger partial charge in [-0.2, -0.15) is 0 Å². The van der Waals surface area contributed by atoms with E-state index in [-0.39, 0.29) is 4.83 Å². The summed E-state index contributed by atoms with van der Waals surface area (Å²) >= 11 is 3.57. The lowest BCUT2D eigenvalue weighted by Crippen LogP contribution is -1.92. The molecule has 2 aromatic rings. The Morgan fingerprint density at radius 2 is 2.20 bits per heavy atom. The third kappa shape index (κ3) is 1.97. The second-order valence-electron chi connectivity index (χ2n) is 3.41. The molecule has 0 amide bonds. The molecule has 2 rings (SSSR count). The fraction of sp³-hybridized carbons (Fsp3) is 0.250. The number of benzene rings is 1. The van der Waals surface area contributed by atoms with Crippen LogP contribution in [0, 0.1) is 0 Å². The maximum atomic E-state index is 5.26. The smallest absolute Gasteiger partial charge is 0.119 e. The van der Waals surface area contributed by atoms with E-state index < -0.39 is 0 Å². The van der Waals surface area contributed by atoms with Crippen molar-refractivity contribution in [2.24, 2.45) is 0 Å². The lowest BCUT2D eigenvalue weighted by atomic mass is 10.1. The number of ether oxygens (including phenoxy) is 1. The SMILES string of the molecule is COc1cc(C(C)Br)c2ncccc2c1. The number of nitrogens with zero attached hydrogens (tertiary/aromatic N) is 1. The van der Waals surface area contributed by atoms with Crippen molar-refractivity contribution in [3.8, 4) is 5.75 Å². The van der Waals surface area contributed by atoms with Crippen molar-refractivity contribution in [1.82, 2.24) is 4.98 Å². The van der Waals surface area contributed by atoms with Gasteiger partial charge < -0.3 is 4.74 Å². The van der Waals surface area contributed by atoms with E-state index in [1.165, 1.54) is 0 Å². The molecule has 1 aromatic carbocycles. The Kier molecular flexibility index (Phi) is 2.91. The van der Waals surface area contributed by atoms with Crippen LogP contribution in [-0.2, 0) is 0 Å². The minimum atomic E-state index is 0.269. The summed E-state index contributed by atoms with van der Waals surface area (Å²) in [5.74, 6) is 0.872. The van der Waals surface area contributed by atoms with Gasteiger partial charge >= 0.3 is 0 Å². The number of alkyl halides is 1. The van der Waals surface area contributed by atoms with Crippen molar-refractivity contribution < 1.29 is 4.74 Å². The molecule has 1 unspecified atom stereocenters. The van der Waals surface area contributed by atoms with Crippen LogP contribution < -0.4 is 4.74 Å². The monoisotopic (exact) mass is 265 g/mol. The van der Waals surface area contributed by atoms with Crippen molar-refractivity contribution >= 4 is 26.8 Å². The van der Waals surface area contributed by atoms with Crippen molar-refractivity contribution in [2.45, 2.75) is 11.8 Å². The zero-order chi connectivity index (χ0) is 10.8. The predicted molar refractivity (Wildman–Crippen MR) is 65.6 cm³/mol. The van der Waals surface area contributed by atoms with Gasteiger partial charge in [0.25, 0.3) is 0 Å². The highest BCUT2D eigenvalue weighted by atomic mass is 79.9. The van der Waals surface area contributed by atoms with Crippen LogP contribution in [0.2, 0.25) is 0 Å². The van der Waals surface area contributed by atoms with Gasteiger partial charge in [-0.3, -0.25) is 4.98 Å². The lowest BCUT2D eigenvalue weighted by molar-refractivity contribution is 0.415. The first kappa shape index (κ1) is 10.4. The Bertz CT molecular complexity index is 482. The molecule has 0 radical (unpaired) electrons. The number of methoxy groups -OCH3 is 1. The molecule has 0 aliphatic heterocycles. The molecule has 0 saturated carbocycles. The molecular formula is C12H12BrNO. The Labute approximate surface area is 97.4 Å². The molecule has 0 aliphatic rings. The summed E-state index contributed by atoms with van der Waals surface area (Å²) < 4.78 is 5.26. The van der Waals surface area contributed by atoms with Crippen molar-refractivity contribution in [2.75, 3.05) is 7.11 Å². The molecule has 0 aliphatic carbocycles. The maximum absolute atomic E-state index is 5.26. The zero-order valence-corrected chi connectivity index (χ0v) is 10.3. The first-order chi connectivity index (χ1) is 7.22. The minimum absolute atomic E-state index is 0.269. The first-order valence-corrected chi connectivity index (χ1v) is 5.70. The van der Waals surface area contributed by atoms with Gasteiger partial charge in [0, 0.05) is 16.4 Å². The Hall–Kier alpha value is -1.09. The van der Waals surface area contributed by atoms with Crippen LogP contribution in [0.4, 0.5) is 0 Å². The fourth-order valence-corrected chi connectivity index (χ4v) is 1.96. The Morgan fingerprint density at radius 3 is 2.87 bits per heavy atom. The highest BCUT2D eigenvalue weighted by Gasteiger charge is 2.09. The molecule has 1 atom stereocenters. The van der Waals surface area contributed by atoms with Gasteiger partial charge in [-0.15, -0.1) is 0 Å². The van der Waals surface area contributed by atoms with Gasteiger partial charge in [0.15, 0.2) is 0 Å². The van der Waals surface area contributed by atoms with E-state index in [0.717, 1.165) is 22.2 Å². The average molecular weight is 266 g/mol. The molecule has 1 aromatic heterocycles. The first-order valence-electron chi connectivity index (χ1n) is 4.79. The van der Waals surface area contributed by atoms with E-state index >= 15 is 0 Å². The number of hydrogen-bond acceptors (Lipinski definition) is 2. The van der Waals surface area contributed by atoms with Gasteiger partial charge in [-0.05, 0) is 30.7 Å². The van der Waals surface area contributed by atoms with Crippen molar-refractivity contribution in [3.05, 3.63) is 36.0 Å². The van der Waals surface area contributed by atoms with Crippen LogP contribution in [0.15, 0.2) is 30.5 Å². The molecule has 0 saturated heterocycles. The topological polar surface area (TPSA) is 22.1 Å². The number of rotatable bonds is 2. The highest BCUT2D eigenvalue weighted by molar-refractivity contribution is 9.09. The second kappa shape index (κ2) is 4.19. The van der Waals surface area contributed by atoms with Crippen LogP contribution in [0.1, 0.15) is 17.3 Å². The van der Waals surface area contributed by atoms with E-state index in [0.29, 0.717) is 0 Å². The summed E-state index contributed by atoms with van der Waals surface area (Å²) in [6.07, 6.45) is 1.81. The van der Waals surface area contributed by atoms with E-state index in [2.05, 4.69) is 27.8 Å². The molecule has 0 spiro atoms. The van der Waals surface area contributed by atoms with E-state index in [4.69, 9.17) is 4.74 Å². The van der Waals surface area contributed by atoms with E-state index in [9.17, 15) is 0 Å². The summed E-state index contributed by atoms with van der Waals surface area (Å²) in [7, 11) is 1.68. The molecule has 78 valence electrons. The summed E-state index contributed by atoms with van der Waals surface area (Å²) in [5, 5.41) is 1.11. The van der Waals surface area contributed by atoms with Gasteiger partial charge in [-0.1, -0.05) is 22.0 Å². The molecule has 0 bridgehead atoms. The van der Waals surface area contributed by atoms with Crippen LogP contribution >= 0.6 is 15.9 Å². The summed E-state index contributed by atoms with van der Waals surface area (Å²) in [6.45, 7) is 2.09. The predicted octanol–water partition coefficient (Wildman–Crippen LogP) is 3.70. The highest BCUT2D eigenvalue weighted by Crippen LogP contribution is 2.31. The fourth-order valence-electron chi connectivity index (χ4n) is 1.61. The standard InChI is InChI=1S/C12H12BrNO/c1-8(13)11-7-10(15-2)6-9-4-3-5-14-12(9)11/h3-8H,1-2H3. The van der Waals surface area contributed by atoms with Gasteiger partial charge in [-0.25, -0.2) is 0 Å². The van der Waals surface area contributed by atoms with Crippen LogP contribution in [0.25, 0.3) is 10.9 Å². The minimum Gasteiger partial charge on any atom is -0.497 e. The third-order valence-electron chi connectivity index (χ3n) is 2.37. The largest absolute Gasteiger partial charge is 0.497 e. The Morgan fingerprint density at radius 1 is 1.40 bits per heavy atom. The van der Waals surface area contributed by atoms with Crippen molar-refractivity contribution in [3.63, 3.8) is 0 Å². The van der Waals surface area contributed by atoms with E-state index in [1.54, 1.807) is 7.11 Å². The van der Waals surface area contributed by atoms with Gasteiger partial charge in [0.2, 0.25) is 0 Å². The third-order valence-corrected chi connectivity index (χ3v) is 2.87. The zero-order valence-electron chi connectivity index (χ0n) is 8.70. The number of halogens is 1. The second-order valence-corrected chi connectivity index (χ2v) is 4.78. The molecule has 15 heavy (non-hydrogen) atoms. The lowest BCUT2D eigenvalue weighted by Gasteiger charge is -2.10. The molecule has 2 nitrogen and oxygen atoms in total.